The van der Waals surface area contributed by atoms with E-state index in [0.29, 0.717) is 18.0 Å². The predicted molar refractivity (Wildman–Crippen MR) is 77.8 cm³/mol. The molecule has 0 atom stereocenters. The molecule has 1 N–H and O–H groups in total. The molecule has 7 nitrogen and oxygen atoms in total. The average molecular weight is 289 g/mol. The molecule has 21 heavy (non-hydrogen) atoms. The molecule has 0 amide bonds. The molecule has 1 aromatic heterocycles. The van der Waals surface area contributed by atoms with Gasteiger partial charge >= 0.3 is 5.69 Å². The van der Waals surface area contributed by atoms with E-state index in [-0.39, 0.29) is 11.5 Å². The van der Waals surface area contributed by atoms with Crippen LogP contribution in [0.3, 0.4) is 0 Å². The highest BCUT2D eigenvalue weighted by atomic mass is 16.6. The third kappa shape index (κ3) is 3.38. The third-order valence-corrected chi connectivity index (χ3v) is 2.92. The summed E-state index contributed by atoms with van der Waals surface area (Å²) in [5.74, 6) is 1.54. The zero-order chi connectivity index (χ0) is 15.2. The summed E-state index contributed by atoms with van der Waals surface area (Å²) < 4.78 is 10.4. The maximum Gasteiger partial charge on any atom is 0.311 e. The zero-order valence-electron chi connectivity index (χ0n) is 11.7. The van der Waals surface area contributed by atoms with Crippen molar-refractivity contribution in [1.82, 2.24) is 4.98 Å². The van der Waals surface area contributed by atoms with Gasteiger partial charge in [-0.25, -0.2) is 4.98 Å². The van der Waals surface area contributed by atoms with Crippen molar-refractivity contribution in [2.24, 2.45) is 0 Å². The van der Waals surface area contributed by atoms with Crippen LogP contribution in [-0.4, -0.2) is 24.1 Å². The Labute approximate surface area is 121 Å². The molecule has 2 aromatic rings. The van der Waals surface area contributed by atoms with Crippen molar-refractivity contribution in [3.63, 3.8) is 0 Å². The van der Waals surface area contributed by atoms with Gasteiger partial charge in [0.1, 0.15) is 11.5 Å². The number of rotatable bonds is 6. The molecule has 0 aliphatic heterocycles. The van der Waals surface area contributed by atoms with E-state index in [2.05, 4.69) is 10.3 Å². The van der Waals surface area contributed by atoms with Crippen LogP contribution in [0, 0.1) is 10.1 Å². The van der Waals surface area contributed by atoms with E-state index in [0.717, 1.165) is 5.56 Å². The molecule has 0 saturated heterocycles. The zero-order valence-corrected chi connectivity index (χ0v) is 11.7. The van der Waals surface area contributed by atoms with Crippen molar-refractivity contribution in [3.8, 4) is 11.5 Å². The van der Waals surface area contributed by atoms with E-state index < -0.39 is 4.92 Å². The summed E-state index contributed by atoms with van der Waals surface area (Å²) in [7, 11) is 3.13. The molecule has 0 spiro atoms. The third-order valence-electron chi connectivity index (χ3n) is 2.92. The van der Waals surface area contributed by atoms with Crippen molar-refractivity contribution >= 4 is 11.5 Å². The Morgan fingerprint density at radius 3 is 2.76 bits per heavy atom. The maximum absolute atomic E-state index is 10.9. The molecule has 2 rings (SSSR count). The predicted octanol–water partition coefficient (Wildman–Crippen LogP) is 2.62. The van der Waals surface area contributed by atoms with Gasteiger partial charge in [-0.3, -0.25) is 10.1 Å². The first-order valence-electron chi connectivity index (χ1n) is 6.20. The fraction of sp³-hybridized carbons (Fsp3) is 0.214. The summed E-state index contributed by atoms with van der Waals surface area (Å²) in [5.41, 5.74) is 0.781. The highest BCUT2D eigenvalue weighted by molar-refractivity contribution is 5.56. The number of pyridine rings is 1. The Bertz CT molecular complexity index is 646. The molecule has 0 aliphatic rings. The van der Waals surface area contributed by atoms with Gasteiger partial charge in [0.25, 0.3) is 0 Å². The summed E-state index contributed by atoms with van der Waals surface area (Å²) >= 11 is 0. The first-order valence-corrected chi connectivity index (χ1v) is 6.20. The lowest BCUT2D eigenvalue weighted by Gasteiger charge is -2.11. The minimum absolute atomic E-state index is 0.0648. The standard InChI is InChI=1S/C14H15N3O4/c1-20-11-6-5-10(13(8-11)21-2)9-16-14-12(17(18)19)4-3-7-15-14/h3-8H,9H2,1-2H3,(H,15,16). The van der Waals surface area contributed by atoms with Gasteiger partial charge in [-0.1, -0.05) is 0 Å². The average Bonchev–Trinajstić information content (AvgIpc) is 2.52. The van der Waals surface area contributed by atoms with Crippen LogP contribution in [-0.2, 0) is 6.54 Å². The van der Waals surface area contributed by atoms with Gasteiger partial charge in [0.2, 0.25) is 5.82 Å². The number of methoxy groups -OCH3 is 2. The second-order valence-corrected chi connectivity index (χ2v) is 4.16. The summed E-state index contributed by atoms with van der Waals surface area (Å²) in [6.45, 7) is 0.352. The molecule has 110 valence electrons. The van der Waals surface area contributed by atoms with Crippen molar-refractivity contribution in [2.75, 3.05) is 19.5 Å². The first-order chi connectivity index (χ1) is 10.2. The topological polar surface area (TPSA) is 86.5 Å². The molecule has 0 radical (unpaired) electrons. The summed E-state index contributed by atoms with van der Waals surface area (Å²) in [6.07, 6.45) is 1.50. The Morgan fingerprint density at radius 2 is 2.10 bits per heavy atom. The van der Waals surface area contributed by atoms with Crippen LogP contribution < -0.4 is 14.8 Å². The smallest absolute Gasteiger partial charge is 0.311 e. The van der Waals surface area contributed by atoms with E-state index >= 15 is 0 Å². The van der Waals surface area contributed by atoms with Crippen molar-refractivity contribution in [3.05, 3.63) is 52.2 Å². The Balaban J connectivity index is 2.19. The minimum Gasteiger partial charge on any atom is -0.497 e. The van der Waals surface area contributed by atoms with E-state index in [4.69, 9.17) is 9.47 Å². The molecule has 7 heteroatoms. The summed E-state index contributed by atoms with van der Waals surface area (Å²) in [5, 5.41) is 13.9. The largest absolute Gasteiger partial charge is 0.497 e. The van der Waals surface area contributed by atoms with Gasteiger partial charge in [0, 0.05) is 30.4 Å². The van der Waals surface area contributed by atoms with E-state index in [1.165, 1.54) is 18.3 Å². The Kier molecular flexibility index (Phi) is 4.55. The molecule has 1 aromatic carbocycles. The number of ether oxygens (including phenoxy) is 2. The van der Waals surface area contributed by atoms with Crippen LogP contribution in [0.4, 0.5) is 11.5 Å². The lowest BCUT2D eigenvalue weighted by Crippen LogP contribution is -2.05. The fourth-order valence-electron chi connectivity index (χ4n) is 1.86. The number of hydrogen-bond acceptors (Lipinski definition) is 6. The second kappa shape index (κ2) is 6.56. The summed E-state index contributed by atoms with van der Waals surface area (Å²) in [6, 6.07) is 8.31. The van der Waals surface area contributed by atoms with Crippen LogP contribution in [0.2, 0.25) is 0 Å². The van der Waals surface area contributed by atoms with Gasteiger partial charge in [-0.2, -0.15) is 0 Å². The maximum atomic E-state index is 10.9. The van der Waals surface area contributed by atoms with Crippen molar-refractivity contribution < 1.29 is 14.4 Å². The van der Waals surface area contributed by atoms with Gasteiger partial charge < -0.3 is 14.8 Å². The van der Waals surface area contributed by atoms with E-state index in [9.17, 15) is 10.1 Å². The SMILES string of the molecule is COc1ccc(CNc2ncccc2[N+](=O)[O-])c(OC)c1. The fourth-order valence-corrected chi connectivity index (χ4v) is 1.86. The number of hydrogen-bond donors (Lipinski definition) is 1. The van der Waals surface area contributed by atoms with Gasteiger partial charge in [-0.05, 0) is 18.2 Å². The molecule has 0 fully saturated rings. The second-order valence-electron chi connectivity index (χ2n) is 4.16. The van der Waals surface area contributed by atoms with Crippen LogP contribution in [0.1, 0.15) is 5.56 Å². The monoisotopic (exact) mass is 289 g/mol. The number of anilines is 1. The molecular formula is C14H15N3O4. The number of nitrogens with one attached hydrogen (secondary N) is 1. The number of nitro groups is 1. The Morgan fingerprint density at radius 1 is 1.29 bits per heavy atom. The van der Waals surface area contributed by atoms with Gasteiger partial charge in [0.15, 0.2) is 0 Å². The molecule has 0 unspecified atom stereocenters. The summed E-state index contributed by atoms with van der Waals surface area (Å²) in [4.78, 5) is 14.4. The number of aromatic nitrogens is 1. The molecule has 0 bridgehead atoms. The minimum atomic E-state index is -0.472. The van der Waals surface area contributed by atoms with Crippen LogP contribution >= 0.6 is 0 Å². The Hall–Kier alpha value is -2.83. The highest BCUT2D eigenvalue weighted by Gasteiger charge is 2.14. The number of nitrogens with zero attached hydrogens (tertiary/aromatic N) is 2. The van der Waals surface area contributed by atoms with Crippen LogP contribution in [0.5, 0.6) is 11.5 Å². The van der Waals surface area contributed by atoms with Crippen LogP contribution in [0.15, 0.2) is 36.5 Å². The lowest BCUT2D eigenvalue weighted by molar-refractivity contribution is -0.384. The van der Waals surface area contributed by atoms with Crippen LogP contribution in [0.25, 0.3) is 0 Å². The molecular weight excluding hydrogens is 274 g/mol. The van der Waals surface area contributed by atoms with E-state index in [1.807, 2.05) is 6.07 Å². The van der Waals surface area contributed by atoms with Crippen molar-refractivity contribution in [1.29, 1.82) is 0 Å². The first kappa shape index (κ1) is 14.6. The van der Waals surface area contributed by atoms with E-state index in [1.54, 1.807) is 26.4 Å². The molecule has 0 saturated carbocycles. The number of benzene rings is 1. The normalized spacial score (nSPS) is 10.0. The van der Waals surface area contributed by atoms with Gasteiger partial charge in [-0.15, -0.1) is 0 Å². The highest BCUT2D eigenvalue weighted by Crippen LogP contribution is 2.26. The van der Waals surface area contributed by atoms with Crippen molar-refractivity contribution in [2.45, 2.75) is 6.54 Å². The lowest BCUT2D eigenvalue weighted by atomic mass is 10.2. The quantitative estimate of drug-likeness (QED) is 0.649. The molecule has 0 aliphatic carbocycles. The molecule has 1 heterocycles. The van der Waals surface area contributed by atoms with Gasteiger partial charge in [0.05, 0.1) is 19.1 Å².